The van der Waals surface area contributed by atoms with Gasteiger partial charge >= 0.3 is 6.03 Å². The zero-order chi connectivity index (χ0) is 12.5. The molecule has 0 fully saturated rings. The van der Waals surface area contributed by atoms with Gasteiger partial charge in [-0.15, -0.1) is 0 Å². The van der Waals surface area contributed by atoms with Crippen molar-refractivity contribution in [3.8, 4) is 0 Å². The van der Waals surface area contributed by atoms with Gasteiger partial charge in [0.05, 0.1) is 6.54 Å². The van der Waals surface area contributed by atoms with Crippen molar-refractivity contribution in [1.82, 2.24) is 9.97 Å². The number of amides is 2. The van der Waals surface area contributed by atoms with Gasteiger partial charge in [-0.1, -0.05) is 18.2 Å². The second kappa shape index (κ2) is 4.10. The molecule has 1 N–H and O–H groups in total. The Bertz CT molecular complexity index is 611. The quantitative estimate of drug-likeness (QED) is 0.832. The predicted molar refractivity (Wildman–Crippen MR) is 68.4 cm³/mol. The van der Waals surface area contributed by atoms with Crippen LogP contribution in [0.5, 0.6) is 0 Å². The summed E-state index contributed by atoms with van der Waals surface area (Å²) in [5.74, 6) is 0.597. The summed E-state index contributed by atoms with van der Waals surface area (Å²) in [4.78, 5) is 21.8. The maximum atomic E-state index is 12.1. The molecule has 1 aromatic carbocycles. The lowest BCUT2D eigenvalue weighted by molar-refractivity contribution is 0.256. The first-order valence-electron chi connectivity index (χ1n) is 5.69. The summed E-state index contributed by atoms with van der Waals surface area (Å²) in [5.41, 5.74) is 2.89. The van der Waals surface area contributed by atoms with Gasteiger partial charge in [-0.3, -0.25) is 10.2 Å². The summed E-state index contributed by atoms with van der Waals surface area (Å²) >= 11 is 0. The fourth-order valence-electron chi connectivity index (χ4n) is 2.06. The molecule has 1 aliphatic heterocycles. The average Bonchev–Trinajstić information content (AvgIpc) is 2.39. The first-order valence-corrected chi connectivity index (χ1v) is 5.69. The number of hydrogen-bond acceptors (Lipinski definition) is 3. The van der Waals surface area contributed by atoms with Crippen LogP contribution in [0.25, 0.3) is 0 Å². The van der Waals surface area contributed by atoms with E-state index in [0.29, 0.717) is 12.4 Å². The van der Waals surface area contributed by atoms with Crippen LogP contribution in [0.2, 0.25) is 0 Å². The summed E-state index contributed by atoms with van der Waals surface area (Å²) in [6.45, 7) is 2.48. The fraction of sp³-hybridized carbons (Fsp3) is 0.154. The molecule has 2 amide bonds. The average molecular weight is 240 g/mol. The van der Waals surface area contributed by atoms with Gasteiger partial charge in [0, 0.05) is 17.4 Å². The van der Waals surface area contributed by atoms with E-state index in [2.05, 4.69) is 15.3 Å². The molecular formula is C13H12N4O. The maximum Gasteiger partial charge on any atom is 0.327 e. The van der Waals surface area contributed by atoms with Crippen molar-refractivity contribution >= 4 is 17.5 Å². The smallest absolute Gasteiger partial charge is 0.291 e. The lowest BCUT2D eigenvalue weighted by atomic mass is 10.1. The number of aryl methyl sites for hydroxylation is 1. The highest BCUT2D eigenvalue weighted by molar-refractivity contribution is 6.03. The number of nitrogens with zero attached hydrogens (tertiary/aromatic N) is 3. The van der Waals surface area contributed by atoms with Crippen LogP contribution in [-0.2, 0) is 6.54 Å². The molecule has 5 nitrogen and oxygen atoms in total. The number of fused-ring (bicyclic) bond motifs is 1. The normalized spacial score (nSPS) is 14.1. The summed E-state index contributed by atoms with van der Waals surface area (Å²) in [5, 5.41) is 2.77. The number of benzene rings is 1. The van der Waals surface area contributed by atoms with Crippen molar-refractivity contribution in [2.45, 2.75) is 13.5 Å². The summed E-state index contributed by atoms with van der Waals surface area (Å²) in [6, 6.07) is 7.64. The molecule has 90 valence electrons. The van der Waals surface area contributed by atoms with Crippen molar-refractivity contribution < 1.29 is 4.79 Å². The molecule has 0 radical (unpaired) electrons. The predicted octanol–water partition coefficient (Wildman–Crippen LogP) is 2.34. The lowest BCUT2D eigenvalue weighted by Crippen LogP contribution is -2.39. The molecule has 0 unspecified atom stereocenters. The second-order valence-corrected chi connectivity index (χ2v) is 4.20. The number of carbonyl (C=O) groups is 1. The van der Waals surface area contributed by atoms with Gasteiger partial charge < -0.3 is 0 Å². The van der Waals surface area contributed by atoms with Gasteiger partial charge in [0.25, 0.3) is 0 Å². The minimum atomic E-state index is -0.157. The van der Waals surface area contributed by atoms with Gasteiger partial charge in [-0.25, -0.2) is 14.8 Å². The van der Waals surface area contributed by atoms with Crippen LogP contribution >= 0.6 is 0 Å². The molecule has 0 spiro atoms. The Kier molecular flexibility index (Phi) is 2.44. The Morgan fingerprint density at radius 1 is 1.33 bits per heavy atom. The van der Waals surface area contributed by atoms with E-state index in [1.165, 1.54) is 6.33 Å². The van der Waals surface area contributed by atoms with E-state index >= 15 is 0 Å². The van der Waals surface area contributed by atoms with E-state index in [0.717, 1.165) is 16.8 Å². The van der Waals surface area contributed by atoms with Crippen LogP contribution in [0, 0.1) is 6.92 Å². The lowest BCUT2D eigenvalue weighted by Gasteiger charge is -2.29. The van der Waals surface area contributed by atoms with Crippen molar-refractivity contribution in [1.29, 1.82) is 0 Å². The number of hydrogen-bond donors (Lipinski definition) is 1. The molecule has 18 heavy (non-hydrogen) atoms. The van der Waals surface area contributed by atoms with Crippen molar-refractivity contribution in [2.24, 2.45) is 0 Å². The van der Waals surface area contributed by atoms with Crippen molar-refractivity contribution in [3.05, 3.63) is 47.9 Å². The molecule has 2 heterocycles. The van der Waals surface area contributed by atoms with Gasteiger partial charge in [-0.05, 0) is 18.6 Å². The number of aromatic nitrogens is 2. The monoisotopic (exact) mass is 240 g/mol. The number of nitrogens with one attached hydrogen (secondary N) is 1. The van der Waals surface area contributed by atoms with Gasteiger partial charge in [-0.2, -0.15) is 0 Å². The van der Waals surface area contributed by atoms with E-state index in [-0.39, 0.29) is 6.03 Å². The van der Waals surface area contributed by atoms with E-state index in [1.54, 1.807) is 11.1 Å². The largest absolute Gasteiger partial charge is 0.327 e. The molecule has 3 rings (SSSR count). The van der Waals surface area contributed by atoms with Gasteiger partial charge in [0.1, 0.15) is 12.1 Å². The minimum Gasteiger partial charge on any atom is -0.291 e. The second-order valence-electron chi connectivity index (χ2n) is 4.20. The Balaban J connectivity index is 2.01. The number of carbonyl (C=O) groups excluding carboxylic acids is 1. The molecule has 0 saturated carbocycles. The van der Waals surface area contributed by atoms with E-state index < -0.39 is 0 Å². The number of para-hydroxylation sites is 1. The minimum absolute atomic E-state index is 0.157. The number of rotatable bonds is 1. The summed E-state index contributed by atoms with van der Waals surface area (Å²) in [6.07, 6.45) is 3.16. The van der Waals surface area contributed by atoms with Crippen LogP contribution in [0.3, 0.4) is 0 Å². The Morgan fingerprint density at radius 2 is 2.17 bits per heavy atom. The molecule has 0 bridgehead atoms. The standard InChI is InChI=1S/C13H12N4O/c1-9-4-2-3-5-11(9)17-7-10-6-14-8-15-12(10)16-13(17)18/h2-6,8H,7H2,1H3,(H,14,15,16,18). The van der Waals surface area contributed by atoms with E-state index in [1.807, 2.05) is 31.2 Å². The first kappa shape index (κ1) is 10.7. The van der Waals surface area contributed by atoms with Crippen LogP contribution in [0.4, 0.5) is 16.3 Å². The third-order valence-electron chi connectivity index (χ3n) is 2.99. The summed E-state index contributed by atoms with van der Waals surface area (Å²) in [7, 11) is 0. The highest BCUT2D eigenvalue weighted by atomic mass is 16.2. The third-order valence-corrected chi connectivity index (χ3v) is 2.99. The fourth-order valence-corrected chi connectivity index (χ4v) is 2.06. The third kappa shape index (κ3) is 1.69. The molecule has 1 aliphatic rings. The highest BCUT2D eigenvalue weighted by Gasteiger charge is 2.25. The molecule has 1 aromatic heterocycles. The van der Waals surface area contributed by atoms with Crippen molar-refractivity contribution in [3.63, 3.8) is 0 Å². The first-order chi connectivity index (χ1) is 8.75. The molecule has 0 aliphatic carbocycles. The molecule has 0 atom stereocenters. The van der Waals surface area contributed by atoms with Gasteiger partial charge in [0.15, 0.2) is 0 Å². The molecule has 5 heteroatoms. The molecule has 0 saturated heterocycles. The Morgan fingerprint density at radius 3 is 3.00 bits per heavy atom. The topological polar surface area (TPSA) is 58.1 Å². The van der Waals surface area contributed by atoms with Crippen molar-refractivity contribution in [2.75, 3.05) is 10.2 Å². The maximum absolute atomic E-state index is 12.1. The van der Waals surface area contributed by atoms with Crippen LogP contribution < -0.4 is 10.2 Å². The molecular weight excluding hydrogens is 228 g/mol. The SMILES string of the molecule is Cc1ccccc1N1Cc2cncnc2NC1=O. The zero-order valence-corrected chi connectivity index (χ0v) is 9.92. The van der Waals surface area contributed by atoms with E-state index in [4.69, 9.17) is 0 Å². The number of anilines is 2. The zero-order valence-electron chi connectivity index (χ0n) is 9.92. The number of urea groups is 1. The molecule has 2 aromatic rings. The Hall–Kier alpha value is -2.43. The van der Waals surface area contributed by atoms with Gasteiger partial charge in [0.2, 0.25) is 0 Å². The van der Waals surface area contributed by atoms with Crippen LogP contribution in [0.1, 0.15) is 11.1 Å². The summed E-state index contributed by atoms with van der Waals surface area (Å²) < 4.78 is 0. The highest BCUT2D eigenvalue weighted by Crippen LogP contribution is 2.27. The van der Waals surface area contributed by atoms with Crippen LogP contribution in [-0.4, -0.2) is 16.0 Å². The van der Waals surface area contributed by atoms with Crippen LogP contribution in [0.15, 0.2) is 36.8 Å². The Labute approximate surface area is 104 Å². The van der Waals surface area contributed by atoms with E-state index in [9.17, 15) is 4.79 Å².